The number of nitrogens with one attached hydrogen (secondary N) is 1. The Morgan fingerprint density at radius 2 is 1.93 bits per heavy atom. The highest BCUT2D eigenvalue weighted by molar-refractivity contribution is 6.39. The van der Waals surface area contributed by atoms with E-state index in [1.165, 1.54) is 5.01 Å². The molecule has 0 atom stereocenters. The Labute approximate surface area is 162 Å². The minimum absolute atomic E-state index is 0.0729. The molecule has 142 valence electrons. The van der Waals surface area contributed by atoms with Crippen molar-refractivity contribution in [1.29, 1.82) is 0 Å². The van der Waals surface area contributed by atoms with E-state index in [1.807, 2.05) is 66.1 Å². The molecule has 0 saturated heterocycles. The smallest absolute Gasteiger partial charge is 0.267 e. The number of imidazole rings is 1. The first kappa shape index (κ1) is 17.9. The number of aryl methyl sites for hydroxylation is 1. The van der Waals surface area contributed by atoms with Crippen LogP contribution in [-0.2, 0) is 22.7 Å². The van der Waals surface area contributed by atoms with Crippen LogP contribution in [0.5, 0.6) is 0 Å². The van der Waals surface area contributed by atoms with Crippen molar-refractivity contribution < 1.29 is 9.59 Å². The van der Waals surface area contributed by atoms with Crippen LogP contribution in [0.2, 0.25) is 0 Å². The van der Waals surface area contributed by atoms with Crippen molar-refractivity contribution in [3.05, 3.63) is 71.7 Å². The van der Waals surface area contributed by atoms with E-state index in [0.29, 0.717) is 25.2 Å². The summed E-state index contributed by atoms with van der Waals surface area (Å²) in [5, 5.41) is 8.53. The van der Waals surface area contributed by atoms with Crippen molar-refractivity contribution in [2.75, 3.05) is 0 Å². The zero-order valence-corrected chi connectivity index (χ0v) is 15.6. The summed E-state index contributed by atoms with van der Waals surface area (Å²) in [6, 6.07) is 15.5. The van der Waals surface area contributed by atoms with Crippen LogP contribution in [-0.4, -0.2) is 31.9 Å². The summed E-state index contributed by atoms with van der Waals surface area (Å²) in [6.07, 6.45) is 2.55. The highest BCUT2D eigenvalue weighted by Crippen LogP contribution is 2.14. The predicted molar refractivity (Wildman–Crippen MR) is 105 cm³/mol. The van der Waals surface area contributed by atoms with Crippen molar-refractivity contribution >= 4 is 23.2 Å². The molecule has 2 aromatic heterocycles. The number of hydrogen-bond acceptors (Lipinski definition) is 4. The summed E-state index contributed by atoms with van der Waals surface area (Å²) in [5.74, 6) is -0.337. The van der Waals surface area contributed by atoms with Crippen LogP contribution >= 0.6 is 0 Å². The highest BCUT2D eigenvalue weighted by atomic mass is 16.2. The summed E-state index contributed by atoms with van der Waals surface area (Å²) < 4.78 is 1.99. The second-order valence-electron chi connectivity index (χ2n) is 6.79. The number of carbonyl (C=O) groups excluding carboxylic acids is 2. The van der Waals surface area contributed by atoms with Crippen LogP contribution in [0.1, 0.15) is 29.8 Å². The zero-order valence-electron chi connectivity index (χ0n) is 15.6. The van der Waals surface area contributed by atoms with Crippen molar-refractivity contribution in [3.8, 4) is 0 Å². The van der Waals surface area contributed by atoms with Crippen molar-refractivity contribution in [1.82, 2.24) is 19.7 Å². The molecule has 1 aliphatic rings. The van der Waals surface area contributed by atoms with Crippen LogP contribution in [0, 0.1) is 6.92 Å². The second kappa shape index (κ2) is 7.64. The lowest BCUT2D eigenvalue weighted by Gasteiger charge is -2.23. The maximum atomic E-state index is 12.5. The number of nitrogens with zero attached hydrogens (tertiary/aromatic N) is 4. The molecule has 0 radical (unpaired) electrons. The molecule has 2 amide bonds. The lowest BCUT2D eigenvalue weighted by molar-refractivity contribution is -0.132. The molecule has 0 fully saturated rings. The minimum Gasteiger partial charge on any atom is -0.345 e. The number of hydrogen-bond donors (Lipinski definition) is 1. The molecular weight excluding hydrogens is 354 g/mol. The van der Waals surface area contributed by atoms with Crippen molar-refractivity contribution in [3.63, 3.8) is 0 Å². The third-order valence-electron chi connectivity index (χ3n) is 4.72. The monoisotopic (exact) mass is 375 g/mol. The fourth-order valence-electron chi connectivity index (χ4n) is 3.20. The molecule has 0 spiro atoms. The first-order valence-electron chi connectivity index (χ1n) is 9.24. The van der Waals surface area contributed by atoms with Crippen LogP contribution in [0.25, 0.3) is 5.65 Å². The van der Waals surface area contributed by atoms with Gasteiger partial charge < -0.3 is 9.72 Å². The van der Waals surface area contributed by atoms with Gasteiger partial charge in [-0.05, 0) is 24.6 Å². The van der Waals surface area contributed by atoms with E-state index in [2.05, 4.69) is 15.4 Å². The first-order chi connectivity index (χ1) is 13.6. The van der Waals surface area contributed by atoms with Gasteiger partial charge in [-0.1, -0.05) is 36.4 Å². The predicted octanol–water partition coefficient (Wildman–Crippen LogP) is 2.44. The summed E-state index contributed by atoms with van der Waals surface area (Å²) in [7, 11) is 0. The fraction of sp³-hybridized carbons (Fsp3) is 0.238. The van der Waals surface area contributed by atoms with Crippen molar-refractivity contribution in [2.45, 2.75) is 32.9 Å². The first-order valence-corrected chi connectivity index (χ1v) is 9.24. The summed E-state index contributed by atoms with van der Waals surface area (Å²) in [5.41, 5.74) is 4.04. The summed E-state index contributed by atoms with van der Waals surface area (Å²) >= 11 is 0. The van der Waals surface area contributed by atoms with Gasteiger partial charge in [-0.3, -0.25) is 9.59 Å². The quantitative estimate of drug-likeness (QED) is 0.744. The van der Waals surface area contributed by atoms with E-state index in [0.717, 1.165) is 22.6 Å². The van der Waals surface area contributed by atoms with Gasteiger partial charge in [-0.25, -0.2) is 9.99 Å². The molecule has 1 aliphatic heterocycles. The van der Waals surface area contributed by atoms with Gasteiger partial charge in [0.2, 0.25) is 5.91 Å². The molecule has 0 aliphatic carbocycles. The van der Waals surface area contributed by atoms with E-state index in [-0.39, 0.29) is 18.2 Å². The Kier molecular flexibility index (Phi) is 4.89. The van der Waals surface area contributed by atoms with Crippen LogP contribution in [0.4, 0.5) is 0 Å². The van der Waals surface area contributed by atoms with Gasteiger partial charge in [-0.15, -0.1) is 0 Å². The number of aromatic nitrogens is 2. The standard InChI is InChI=1S/C21H21N5O2/c1-15-6-5-9-19-23-17(14-25(15)19)12-22-21(28)18-10-11-20(27)26(24-18)13-16-7-3-2-4-8-16/h2-9,14H,10-13H2,1H3,(H,22,28). The molecule has 4 rings (SSSR count). The Hall–Kier alpha value is -3.48. The van der Waals surface area contributed by atoms with Gasteiger partial charge >= 0.3 is 0 Å². The van der Waals surface area contributed by atoms with E-state index >= 15 is 0 Å². The zero-order chi connectivity index (χ0) is 19.5. The largest absolute Gasteiger partial charge is 0.345 e. The molecule has 0 unspecified atom stereocenters. The molecule has 3 heterocycles. The lowest BCUT2D eigenvalue weighted by atomic mass is 10.1. The summed E-state index contributed by atoms with van der Waals surface area (Å²) in [4.78, 5) is 29.2. The van der Waals surface area contributed by atoms with Crippen molar-refractivity contribution in [2.24, 2.45) is 5.10 Å². The van der Waals surface area contributed by atoms with Gasteiger partial charge in [0.25, 0.3) is 5.91 Å². The normalized spacial score (nSPS) is 14.2. The number of benzene rings is 1. The number of pyridine rings is 1. The lowest BCUT2D eigenvalue weighted by Crippen LogP contribution is -2.38. The number of hydrazone groups is 1. The molecule has 7 heteroatoms. The summed E-state index contributed by atoms with van der Waals surface area (Å²) in [6.45, 7) is 2.68. The fourth-order valence-corrected chi connectivity index (χ4v) is 3.20. The molecule has 0 bridgehead atoms. The Bertz CT molecular complexity index is 1060. The average Bonchev–Trinajstić information content (AvgIpc) is 3.13. The molecule has 3 aromatic rings. The van der Waals surface area contributed by atoms with Gasteiger partial charge in [0.1, 0.15) is 11.4 Å². The topological polar surface area (TPSA) is 79.1 Å². The molecular formula is C21H21N5O2. The van der Waals surface area contributed by atoms with E-state index < -0.39 is 0 Å². The van der Waals surface area contributed by atoms with Gasteiger partial charge in [0, 0.05) is 24.7 Å². The van der Waals surface area contributed by atoms with Crippen LogP contribution in [0.15, 0.2) is 59.8 Å². The minimum atomic E-state index is -0.265. The van der Waals surface area contributed by atoms with Gasteiger partial charge in [0.15, 0.2) is 0 Å². The molecule has 1 aromatic carbocycles. The Morgan fingerprint density at radius 1 is 1.11 bits per heavy atom. The third kappa shape index (κ3) is 3.78. The highest BCUT2D eigenvalue weighted by Gasteiger charge is 2.24. The SMILES string of the molecule is Cc1cccc2nc(CNC(=O)C3=NN(Cc4ccccc4)C(=O)CC3)cn12. The number of carbonyl (C=O) groups is 2. The molecule has 7 nitrogen and oxygen atoms in total. The molecule has 0 saturated carbocycles. The van der Waals surface area contributed by atoms with Crippen LogP contribution < -0.4 is 5.32 Å². The number of amides is 2. The second-order valence-corrected chi connectivity index (χ2v) is 6.79. The van der Waals surface area contributed by atoms with E-state index in [9.17, 15) is 9.59 Å². The Balaban J connectivity index is 1.43. The maximum absolute atomic E-state index is 12.5. The number of fused-ring (bicyclic) bond motifs is 1. The van der Waals surface area contributed by atoms with Crippen LogP contribution in [0.3, 0.4) is 0 Å². The molecule has 1 N–H and O–H groups in total. The van der Waals surface area contributed by atoms with Gasteiger partial charge in [-0.2, -0.15) is 5.10 Å². The number of rotatable bonds is 5. The average molecular weight is 375 g/mol. The van der Waals surface area contributed by atoms with E-state index in [4.69, 9.17) is 0 Å². The van der Waals surface area contributed by atoms with Gasteiger partial charge in [0.05, 0.1) is 18.8 Å². The Morgan fingerprint density at radius 3 is 2.71 bits per heavy atom. The van der Waals surface area contributed by atoms with E-state index in [1.54, 1.807) is 0 Å². The third-order valence-corrected chi connectivity index (χ3v) is 4.72. The molecule has 28 heavy (non-hydrogen) atoms. The maximum Gasteiger partial charge on any atom is 0.267 e.